The highest BCUT2D eigenvalue weighted by Crippen LogP contribution is 2.44. The normalized spacial score (nSPS) is 18.6. The second-order valence-corrected chi connectivity index (χ2v) is 4.41. The van der Waals surface area contributed by atoms with Gasteiger partial charge in [-0.2, -0.15) is 4.37 Å². The molecule has 72 valence electrons. The quantitative estimate of drug-likeness (QED) is 0.760. The first kappa shape index (κ1) is 8.90. The Morgan fingerprint density at radius 1 is 1.62 bits per heavy atom. The first-order valence-corrected chi connectivity index (χ1v) is 5.16. The smallest absolute Gasteiger partial charge is 0.202 e. The Morgan fingerprint density at radius 2 is 2.38 bits per heavy atom. The van der Waals surface area contributed by atoms with Gasteiger partial charge in [-0.25, -0.2) is 4.98 Å². The molecule has 5 heteroatoms. The summed E-state index contributed by atoms with van der Waals surface area (Å²) >= 11 is 1.37. The van der Waals surface area contributed by atoms with Gasteiger partial charge in [0.15, 0.2) is 0 Å². The summed E-state index contributed by atoms with van der Waals surface area (Å²) in [4.78, 5) is 4.19. The van der Waals surface area contributed by atoms with E-state index in [9.17, 15) is 0 Å². The van der Waals surface area contributed by atoms with E-state index in [1.54, 1.807) is 0 Å². The molecule has 1 aliphatic carbocycles. The molecule has 2 N–H and O–H groups in total. The van der Waals surface area contributed by atoms with Crippen LogP contribution in [0.3, 0.4) is 0 Å². The lowest BCUT2D eigenvalue weighted by molar-refractivity contribution is 0.220. The minimum Gasteiger partial charge on any atom is -0.396 e. The molecule has 0 saturated heterocycles. The third-order valence-corrected chi connectivity index (χ3v) is 3.20. The van der Waals surface area contributed by atoms with Gasteiger partial charge in [0.25, 0.3) is 0 Å². The van der Waals surface area contributed by atoms with Gasteiger partial charge in [0.2, 0.25) is 5.13 Å². The van der Waals surface area contributed by atoms with E-state index in [0.29, 0.717) is 0 Å². The van der Waals surface area contributed by atoms with Gasteiger partial charge in [-0.05, 0) is 19.8 Å². The zero-order valence-electron chi connectivity index (χ0n) is 7.58. The van der Waals surface area contributed by atoms with Crippen molar-refractivity contribution in [2.24, 2.45) is 5.41 Å². The molecule has 1 saturated carbocycles. The van der Waals surface area contributed by atoms with Gasteiger partial charge in [-0.3, -0.25) is 0 Å². The number of aryl methyl sites for hydroxylation is 1. The first-order chi connectivity index (χ1) is 6.24. The van der Waals surface area contributed by atoms with Crippen molar-refractivity contribution in [2.75, 3.05) is 18.5 Å². The molecule has 0 spiro atoms. The van der Waals surface area contributed by atoms with Gasteiger partial charge >= 0.3 is 0 Å². The molecule has 1 fully saturated rings. The van der Waals surface area contributed by atoms with E-state index in [-0.39, 0.29) is 12.0 Å². The van der Waals surface area contributed by atoms with Crippen molar-refractivity contribution in [2.45, 2.75) is 19.8 Å². The zero-order chi connectivity index (χ0) is 9.31. The van der Waals surface area contributed by atoms with Crippen LogP contribution in [-0.4, -0.2) is 27.6 Å². The molecule has 2 rings (SSSR count). The van der Waals surface area contributed by atoms with Crippen molar-refractivity contribution < 1.29 is 5.11 Å². The number of aliphatic hydroxyl groups excluding tert-OH is 1. The fourth-order valence-electron chi connectivity index (χ4n) is 1.20. The molecule has 0 amide bonds. The molecule has 0 bridgehead atoms. The first-order valence-electron chi connectivity index (χ1n) is 4.39. The number of hydrogen-bond acceptors (Lipinski definition) is 5. The van der Waals surface area contributed by atoms with Crippen molar-refractivity contribution in [3.63, 3.8) is 0 Å². The summed E-state index contributed by atoms with van der Waals surface area (Å²) in [5, 5.41) is 13.1. The van der Waals surface area contributed by atoms with Crippen molar-refractivity contribution in [3.8, 4) is 0 Å². The van der Waals surface area contributed by atoms with Crippen LogP contribution in [0.5, 0.6) is 0 Å². The van der Waals surface area contributed by atoms with Crippen molar-refractivity contribution in [1.82, 2.24) is 9.36 Å². The van der Waals surface area contributed by atoms with Crippen LogP contribution in [0.2, 0.25) is 0 Å². The lowest BCUT2D eigenvalue weighted by Crippen LogP contribution is -2.18. The average molecular weight is 199 g/mol. The number of hydrogen-bond donors (Lipinski definition) is 2. The number of aromatic nitrogens is 2. The van der Waals surface area contributed by atoms with E-state index >= 15 is 0 Å². The van der Waals surface area contributed by atoms with Crippen LogP contribution >= 0.6 is 11.5 Å². The Bertz CT molecular complexity index is 295. The number of rotatable bonds is 4. The van der Waals surface area contributed by atoms with E-state index in [1.165, 1.54) is 11.5 Å². The maximum Gasteiger partial charge on any atom is 0.202 e. The van der Waals surface area contributed by atoms with Crippen LogP contribution in [0.4, 0.5) is 5.13 Å². The van der Waals surface area contributed by atoms with Crippen molar-refractivity contribution in [1.29, 1.82) is 0 Å². The van der Waals surface area contributed by atoms with Crippen LogP contribution < -0.4 is 5.32 Å². The lowest BCUT2D eigenvalue weighted by Gasteiger charge is -2.10. The third kappa shape index (κ3) is 1.97. The molecule has 13 heavy (non-hydrogen) atoms. The van der Waals surface area contributed by atoms with E-state index in [4.69, 9.17) is 5.11 Å². The average Bonchev–Trinajstić information content (AvgIpc) is 2.81. The molecule has 1 aromatic rings. The largest absolute Gasteiger partial charge is 0.396 e. The summed E-state index contributed by atoms with van der Waals surface area (Å²) in [6.45, 7) is 2.97. The Hall–Kier alpha value is -0.680. The van der Waals surface area contributed by atoms with Gasteiger partial charge in [0, 0.05) is 23.5 Å². The molecular weight excluding hydrogens is 186 g/mol. The summed E-state index contributed by atoms with van der Waals surface area (Å²) in [6, 6.07) is 0. The fraction of sp³-hybridized carbons (Fsp3) is 0.750. The minimum atomic E-state index is 0.138. The second kappa shape index (κ2) is 3.23. The van der Waals surface area contributed by atoms with Gasteiger partial charge in [-0.15, -0.1) is 0 Å². The molecule has 1 heterocycles. The molecule has 1 aliphatic rings. The number of nitrogens with zero attached hydrogens (tertiary/aromatic N) is 2. The lowest BCUT2D eigenvalue weighted by atomic mass is 10.1. The fourth-order valence-corrected chi connectivity index (χ4v) is 1.77. The Kier molecular flexibility index (Phi) is 2.21. The van der Waals surface area contributed by atoms with E-state index in [2.05, 4.69) is 14.7 Å². The highest BCUT2D eigenvalue weighted by molar-refractivity contribution is 7.09. The molecule has 0 atom stereocenters. The second-order valence-electron chi connectivity index (χ2n) is 3.66. The van der Waals surface area contributed by atoms with Crippen LogP contribution in [0.25, 0.3) is 0 Å². The van der Waals surface area contributed by atoms with Gasteiger partial charge in [-0.1, -0.05) is 0 Å². The molecule has 0 radical (unpaired) electrons. The van der Waals surface area contributed by atoms with Gasteiger partial charge in [0.1, 0.15) is 5.82 Å². The van der Waals surface area contributed by atoms with Crippen molar-refractivity contribution in [3.05, 3.63) is 5.82 Å². The SMILES string of the molecule is Cc1nsc(NCC2(CO)CC2)n1. The van der Waals surface area contributed by atoms with Crippen molar-refractivity contribution >= 4 is 16.7 Å². The highest BCUT2D eigenvalue weighted by Gasteiger charge is 2.41. The summed E-state index contributed by atoms with van der Waals surface area (Å²) in [7, 11) is 0. The van der Waals surface area contributed by atoms with E-state index < -0.39 is 0 Å². The summed E-state index contributed by atoms with van der Waals surface area (Å²) in [5.41, 5.74) is 0.138. The topological polar surface area (TPSA) is 58.0 Å². The minimum absolute atomic E-state index is 0.138. The number of anilines is 1. The number of aliphatic hydroxyl groups is 1. The molecule has 4 nitrogen and oxygen atoms in total. The molecule has 1 aromatic heterocycles. The van der Waals surface area contributed by atoms with Crippen LogP contribution in [0.1, 0.15) is 18.7 Å². The molecule has 0 unspecified atom stereocenters. The van der Waals surface area contributed by atoms with Crippen LogP contribution in [0.15, 0.2) is 0 Å². The highest BCUT2D eigenvalue weighted by atomic mass is 32.1. The predicted octanol–water partition coefficient (Wildman–Crippen LogP) is 1.03. The standard InChI is InChI=1S/C8H13N3OS/c1-6-10-7(13-11-6)9-4-8(5-12)2-3-8/h12H,2-5H2,1H3,(H,9,10,11). The maximum absolute atomic E-state index is 9.07. The van der Waals surface area contributed by atoms with Gasteiger partial charge in [0.05, 0.1) is 6.61 Å². The Balaban J connectivity index is 1.86. The maximum atomic E-state index is 9.07. The monoisotopic (exact) mass is 199 g/mol. The van der Waals surface area contributed by atoms with E-state index in [0.717, 1.165) is 30.3 Å². The zero-order valence-corrected chi connectivity index (χ0v) is 8.39. The van der Waals surface area contributed by atoms with E-state index in [1.807, 2.05) is 6.92 Å². The molecule has 0 aliphatic heterocycles. The van der Waals surface area contributed by atoms with Crippen LogP contribution in [0, 0.1) is 12.3 Å². The third-order valence-electron chi connectivity index (χ3n) is 2.43. The van der Waals surface area contributed by atoms with Gasteiger partial charge < -0.3 is 10.4 Å². The van der Waals surface area contributed by atoms with Crippen LogP contribution in [-0.2, 0) is 0 Å². The molecular formula is C8H13N3OS. The Morgan fingerprint density at radius 3 is 2.85 bits per heavy atom. The summed E-state index contributed by atoms with van der Waals surface area (Å²) in [5.74, 6) is 0.807. The summed E-state index contributed by atoms with van der Waals surface area (Å²) in [6.07, 6.45) is 2.24. The summed E-state index contributed by atoms with van der Waals surface area (Å²) < 4.78 is 4.07. The molecule has 0 aromatic carbocycles. The predicted molar refractivity (Wildman–Crippen MR) is 51.9 cm³/mol. The number of nitrogens with one attached hydrogen (secondary N) is 1. The Labute approximate surface area is 81.2 Å².